The third-order valence-electron chi connectivity index (χ3n) is 7.50. The van der Waals surface area contributed by atoms with Crippen molar-refractivity contribution in [2.75, 3.05) is 29.9 Å². The van der Waals surface area contributed by atoms with Crippen LogP contribution < -0.4 is 10.2 Å². The summed E-state index contributed by atoms with van der Waals surface area (Å²) in [7, 11) is 0. The number of hydrogen-bond acceptors (Lipinski definition) is 8. The van der Waals surface area contributed by atoms with Gasteiger partial charge in [0.1, 0.15) is 17.6 Å². The Morgan fingerprint density at radius 3 is 2.67 bits per heavy atom. The summed E-state index contributed by atoms with van der Waals surface area (Å²) in [5.74, 6) is 2.02. The molecule has 3 aromatic heterocycles. The number of rotatable bonds is 6. The maximum Gasteiger partial charge on any atom is 0.415 e. The van der Waals surface area contributed by atoms with Gasteiger partial charge in [0.2, 0.25) is 0 Å². The lowest BCUT2D eigenvalue weighted by Gasteiger charge is -2.35. The second kappa shape index (κ2) is 9.85. The van der Waals surface area contributed by atoms with Crippen LogP contribution in [0.3, 0.4) is 0 Å². The number of anilines is 2. The van der Waals surface area contributed by atoms with Crippen LogP contribution in [0.4, 0.5) is 16.3 Å². The second-order valence-corrected chi connectivity index (χ2v) is 9.97. The van der Waals surface area contributed by atoms with E-state index in [0.717, 1.165) is 75.2 Å². The fourth-order valence-electron chi connectivity index (χ4n) is 5.37. The molecule has 3 aliphatic rings. The van der Waals surface area contributed by atoms with Crippen molar-refractivity contribution < 1.29 is 14.3 Å². The zero-order chi connectivity index (χ0) is 24.4. The molecule has 10 heteroatoms. The van der Waals surface area contributed by atoms with Gasteiger partial charge in [-0.25, -0.2) is 24.4 Å². The Labute approximate surface area is 210 Å². The third-order valence-corrected chi connectivity index (χ3v) is 7.50. The normalized spacial score (nSPS) is 26.2. The Kier molecular flexibility index (Phi) is 6.27. The molecule has 10 nitrogen and oxygen atoms in total. The van der Waals surface area contributed by atoms with Gasteiger partial charge in [0.05, 0.1) is 24.6 Å². The summed E-state index contributed by atoms with van der Waals surface area (Å²) < 4.78 is 13.6. The summed E-state index contributed by atoms with van der Waals surface area (Å²) in [5.41, 5.74) is 1.27. The topological polar surface area (TPSA) is 107 Å². The van der Waals surface area contributed by atoms with Crippen molar-refractivity contribution in [2.45, 2.75) is 56.8 Å². The largest absolute Gasteiger partial charge is 0.441 e. The molecule has 0 bridgehead atoms. The number of carbonyl (C=O) groups excluding carboxylic acids is 1. The molecule has 1 amide bonds. The van der Waals surface area contributed by atoms with Gasteiger partial charge < -0.3 is 14.8 Å². The van der Waals surface area contributed by atoms with E-state index >= 15 is 0 Å². The molecule has 3 aromatic rings. The Hall–Kier alpha value is -3.53. The van der Waals surface area contributed by atoms with E-state index in [2.05, 4.69) is 25.4 Å². The highest BCUT2D eigenvalue weighted by atomic mass is 16.6. The molecule has 1 N–H and O–H groups in total. The molecule has 1 atom stereocenters. The molecule has 1 aliphatic carbocycles. The van der Waals surface area contributed by atoms with Crippen molar-refractivity contribution in [3.63, 3.8) is 0 Å². The predicted molar refractivity (Wildman–Crippen MR) is 133 cm³/mol. The summed E-state index contributed by atoms with van der Waals surface area (Å²) in [6, 6.07) is 5.74. The number of nitrogens with one attached hydrogen (secondary N) is 1. The molecular weight excluding hydrogens is 458 g/mol. The number of pyridine rings is 1. The highest BCUT2D eigenvalue weighted by molar-refractivity contribution is 5.90. The van der Waals surface area contributed by atoms with Crippen LogP contribution in [-0.4, -0.2) is 56.1 Å². The van der Waals surface area contributed by atoms with Gasteiger partial charge in [-0.15, -0.1) is 0 Å². The summed E-state index contributed by atoms with van der Waals surface area (Å²) in [6.07, 6.45) is 15.5. The van der Waals surface area contributed by atoms with Crippen LogP contribution in [0.2, 0.25) is 0 Å². The minimum absolute atomic E-state index is 0.0413. The van der Waals surface area contributed by atoms with Crippen molar-refractivity contribution >= 4 is 17.6 Å². The van der Waals surface area contributed by atoms with Crippen LogP contribution in [0.5, 0.6) is 0 Å². The van der Waals surface area contributed by atoms with Crippen molar-refractivity contribution in [3.8, 4) is 11.4 Å². The first kappa shape index (κ1) is 22.9. The molecule has 2 saturated heterocycles. The lowest BCUT2D eigenvalue weighted by Crippen LogP contribution is -2.39. The molecule has 188 valence electrons. The lowest BCUT2D eigenvalue weighted by molar-refractivity contribution is -0.0394. The van der Waals surface area contributed by atoms with E-state index in [4.69, 9.17) is 9.47 Å². The number of aromatic nitrogens is 5. The monoisotopic (exact) mass is 489 g/mol. The van der Waals surface area contributed by atoms with Crippen LogP contribution in [0.15, 0.2) is 49.2 Å². The van der Waals surface area contributed by atoms with Crippen LogP contribution in [0.25, 0.3) is 11.4 Å². The zero-order valence-electron chi connectivity index (χ0n) is 20.3. The Morgan fingerprint density at radius 1 is 1.06 bits per heavy atom. The highest BCUT2D eigenvalue weighted by Crippen LogP contribution is 2.41. The summed E-state index contributed by atoms with van der Waals surface area (Å²) in [6.45, 7) is 2.18. The van der Waals surface area contributed by atoms with E-state index in [1.54, 1.807) is 35.8 Å². The van der Waals surface area contributed by atoms with Gasteiger partial charge in [0, 0.05) is 37.3 Å². The second-order valence-electron chi connectivity index (χ2n) is 9.97. The molecule has 1 saturated carbocycles. The molecule has 0 radical (unpaired) electrons. The van der Waals surface area contributed by atoms with Gasteiger partial charge in [0.25, 0.3) is 0 Å². The fourth-order valence-corrected chi connectivity index (χ4v) is 5.37. The van der Waals surface area contributed by atoms with Gasteiger partial charge in [-0.2, -0.15) is 5.10 Å². The van der Waals surface area contributed by atoms with E-state index < -0.39 is 5.60 Å². The van der Waals surface area contributed by atoms with E-state index in [9.17, 15) is 4.79 Å². The minimum Gasteiger partial charge on any atom is -0.441 e. The Balaban J connectivity index is 1.01. The first-order valence-electron chi connectivity index (χ1n) is 12.8. The fraction of sp³-hybridized carbons (Fsp3) is 0.500. The smallest absolute Gasteiger partial charge is 0.415 e. The highest BCUT2D eigenvalue weighted by Gasteiger charge is 2.48. The van der Waals surface area contributed by atoms with Crippen molar-refractivity contribution in [3.05, 3.63) is 49.2 Å². The lowest BCUT2D eigenvalue weighted by atomic mass is 9.78. The Morgan fingerprint density at radius 2 is 1.92 bits per heavy atom. The van der Waals surface area contributed by atoms with E-state index in [1.807, 2.05) is 23.0 Å². The third kappa shape index (κ3) is 4.77. The summed E-state index contributed by atoms with van der Waals surface area (Å²) in [4.78, 5) is 27.5. The SMILES string of the molecule is O=C1OC2(CCC(CNc3ccc(-c4ncccn4)cn3)CC2)CN1c1cnn(C2CCCCO2)c1. The first-order chi connectivity index (χ1) is 17.7. The molecule has 2 aliphatic heterocycles. The number of amides is 1. The quantitative estimate of drug-likeness (QED) is 0.542. The average Bonchev–Trinajstić information content (AvgIpc) is 3.55. The van der Waals surface area contributed by atoms with Crippen LogP contribution >= 0.6 is 0 Å². The molecule has 6 rings (SSSR count). The molecule has 3 fully saturated rings. The van der Waals surface area contributed by atoms with E-state index in [-0.39, 0.29) is 12.3 Å². The number of nitrogens with zero attached hydrogens (tertiary/aromatic N) is 6. The van der Waals surface area contributed by atoms with Crippen LogP contribution in [0, 0.1) is 5.92 Å². The van der Waals surface area contributed by atoms with Gasteiger partial charge in [-0.1, -0.05) is 0 Å². The average molecular weight is 490 g/mol. The van der Waals surface area contributed by atoms with E-state index in [0.29, 0.717) is 18.3 Å². The maximum atomic E-state index is 12.8. The maximum absolute atomic E-state index is 12.8. The number of hydrogen-bond donors (Lipinski definition) is 1. The number of carbonyl (C=O) groups is 1. The molecule has 0 aromatic carbocycles. The van der Waals surface area contributed by atoms with E-state index in [1.165, 1.54) is 0 Å². The van der Waals surface area contributed by atoms with Gasteiger partial charge in [-0.05, 0) is 69.1 Å². The number of ether oxygens (including phenoxy) is 2. The molecule has 5 heterocycles. The molecule has 36 heavy (non-hydrogen) atoms. The minimum atomic E-state index is -0.410. The van der Waals surface area contributed by atoms with Gasteiger partial charge >= 0.3 is 6.09 Å². The van der Waals surface area contributed by atoms with Crippen LogP contribution in [0.1, 0.15) is 51.2 Å². The first-order valence-corrected chi connectivity index (χ1v) is 12.8. The van der Waals surface area contributed by atoms with Crippen molar-refractivity contribution in [2.24, 2.45) is 5.92 Å². The molecule has 1 unspecified atom stereocenters. The molecular formula is C26H31N7O3. The predicted octanol–water partition coefficient (Wildman–Crippen LogP) is 4.43. The van der Waals surface area contributed by atoms with Crippen molar-refractivity contribution in [1.82, 2.24) is 24.7 Å². The summed E-state index contributed by atoms with van der Waals surface area (Å²) >= 11 is 0. The zero-order valence-corrected chi connectivity index (χ0v) is 20.3. The molecule has 1 spiro atoms. The van der Waals surface area contributed by atoms with Gasteiger partial charge in [0.15, 0.2) is 5.82 Å². The Bertz CT molecular complexity index is 1170. The summed E-state index contributed by atoms with van der Waals surface area (Å²) in [5, 5.41) is 7.92. The van der Waals surface area contributed by atoms with Gasteiger partial charge in [-0.3, -0.25) is 4.90 Å². The van der Waals surface area contributed by atoms with Crippen LogP contribution in [-0.2, 0) is 9.47 Å². The standard InChI is InChI=1S/C26H31N7O3/c34-25-32(21-16-31-33(17-21)23-4-1-2-13-35-23)18-26(36-25)9-7-19(8-10-26)14-29-22-6-5-20(15-30-22)24-27-11-3-12-28-24/h3,5-6,11-12,15-17,19,23H,1-2,4,7-10,13-14,18H2,(H,29,30). The van der Waals surface area contributed by atoms with Crippen molar-refractivity contribution in [1.29, 1.82) is 0 Å².